The molecule has 1 unspecified atom stereocenters. The third-order valence-electron chi connectivity index (χ3n) is 1.79. The van der Waals surface area contributed by atoms with E-state index >= 15 is 0 Å². The maximum Gasteiger partial charge on any atom is 0.319 e. The van der Waals surface area contributed by atoms with E-state index in [0.717, 1.165) is 17.3 Å². The van der Waals surface area contributed by atoms with Gasteiger partial charge in [-0.05, 0) is 34.1 Å². The number of unbranched alkanes of at least 4 members (excludes halogenated alkanes) is 1. The number of ether oxygens (including phenoxy) is 2. The van der Waals surface area contributed by atoms with Gasteiger partial charge in [-0.2, -0.15) is 0 Å². The Morgan fingerprint density at radius 3 is 2.10 bits per heavy atom. The van der Waals surface area contributed by atoms with E-state index in [4.69, 9.17) is 9.47 Å². The molecule has 0 aromatic heterocycles. The highest BCUT2D eigenvalue weighted by molar-refractivity contribution is 14.1. The maximum absolute atomic E-state index is 10.9. The van der Waals surface area contributed by atoms with Crippen LogP contribution in [-0.4, -0.2) is 32.5 Å². The molecule has 0 saturated carbocycles. The van der Waals surface area contributed by atoms with Crippen molar-refractivity contribution in [3.63, 3.8) is 0 Å². The van der Waals surface area contributed by atoms with Gasteiger partial charge in [0.15, 0.2) is 0 Å². The first-order valence-corrected chi connectivity index (χ1v) is 9.49. The SMILES string of the molecule is CC(I)C(=O)OC(C)(C)C.CCCCOC(=O)CCI. The molecule has 0 rings (SSSR count). The second-order valence-corrected chi connectivity index (χ2v) is 8.11. The molecule has 4 nitrogen and oxygen atoms in total. The Labute approximate surface area is 150 Å². The van der Waals surface area contributed by atoms with E-state index in [2.05, 4.69) is 29.5 Å². The van der Waals surface area contributed by atoms with E-state index in [-0.39, 0.29) is 21.5 Å². The number of halogens is 2. The minimum atomic E-state index is -0.351. The van der Waals surface area contributed by atoms with Crippen LogP contribution in [0.4, 0.5) is 0 Å². The number of carbonyl (C=O) groups is 2. The van der Waals surface area contributed by atoms with Crippen LogP contribution in [0.3, 0.4) is 0 Å². The Hall–Kier alpha value is 0.400. The standard InChI is InChI=1S/2C7H13IO2/c1-5(8)6(9)10-7(2,3)4;1-2-3-6-10-7(9)4-5-8/h5H,1-4H3;2-6H2,1H3. The summed E-state index contributed by atoms with van der Waals surface area (Å²) in [4.78, 5) is 21.6. The maximum atomic E-state index is 10.9. The van der Waals surface area contributed by atoms with Crippen LogP contribution in [0.25, 0.3) is 0 Å². The highest BCUT2D eigenvalue weighted by atomic mass is 127. The molecule has 0 aliphatic heterocycles. The lowest BCUT2D eigenvalue weighted by Gasteiger charge is -2.20. The lowest BCUT2D eigenvalue weighted by atomic mass is 10.2. The first-order valence-electron chi connectivity index (χ1n) is 6.72. The van der Waals surface area contributed by atoms with Crippen molar-refractivity contribution in [3.05, 3.63) is 0 Å². The minimum Gasteiger partial charge on any atom is -0.466 e. The van der Waals surface area contributed by atoms with Gasteiger partial charge < -0.3 is 9.47 Å². The lowest BCUT2D eigenvalue weighted by molar-refractivity contribution is -0.153. The van der Waals surface area contributed by atoms with E-state index in [1.165, 1.54) is 0 Å². The Bertz CT molecular complexity index is 273. The van der Waals surface area contributed by atoms with Crippen molar-refractivity contribution >= 4 is 57.1 Å². The summed E-state index contributed by atoms with van der Waals surface area (Å²) < 4.78 is 10.7. The predicted octanol–water partition coefficient (Wildman–Crippen LogP) is 4.31. The average Bonchev–Trinajstić information content (AvgIpc) is 2.28. The predicted molar refractivity (Wildman–Crippen MR) is 98.7 cm³/mol. The van der Waals surface area contributed by atoms with Gasteiger partial charge in [0.05, 0.1) is 13.0 Å². The van der Waals surface area contributed by atoms with E-state index < -0.39 is 0 Å². The summed E-state index contributed by atoms with van der Waals surface area (Å²) in [5, 5.41) is 0. The van der Waals surface area contributed by atoms with Crippen molar-refractivity contribution in [2.24, 2.45) is 0 Å². The molecule has 0 saturated heterocycles. The minimum absolute atomic E-state index is 0.0585. The van der Waals surface area contributed by atoms with Crippen molar-refractivity contribution in [1.82, 2.24) is 0 Å². The Morgan fingerprint density at radius 2 is 1.80 bits per heavy atom. The molecule has 6 heteroatoms. The molecular weight excluding hydrogens is 486 g/mol. The van der Waals surface area contributed by atoms with Crippen LogP contribution >= 0.6 is 45.2 Å². The summed E-state index contributed by atoms with van der Waals surface area (Å²) in [7, 11) is 0. The number of esters is 2. The van der Waals surface area contributed by atoms with Gasteiger partial charge in [0.1, 0.15) is 9.53 Å². The molecule has 0 amide bonds. The van der Waals surface area contributed by atoms with Crippen LogP contribution in [0.2, 0.25) is 0 Å². The number of hydrogen-bond donors (Lipinski definition) is 0. The molecule has 120 valence electrons. The van der Waals surface area contributed by atoms with Crippen molar-refractivity contribution in [2.75, 3.05) is 11.0 Å². The summed E-state index contributed by atoms with van der Waals surface area (Å²) in [5.74, 6) is -0.212. The van der Waals surface area contributed by atoms with E-state index in [1.54, 1.807) is 0 Å². The summed E-state index contributed by atoms with van der Waals surface area (Å²) in [6.07, 6.45) is 2.61. The summed E-state index contributed by atoms with van der Waals surface area (Å²) in [6.45, 7) is 10.1. The quantitative estimate of drug-likeness (QED) is 0.231. The second-order valence-electron chi connectivity index (χ2n) is 5.16. The van der Waals surface area contributed by atoms with Gasteiger partial charge in [0, 0.05) is 4.43 Å². The molecule has 0 aliphatic carbocycles. The van der Waals surface area contributed by atoms with Crippen LogP contribution in [0, 0.1) is 0 Å². The lowest BCUT2D eigenvalue weighted by Crippen LogP contribution is -2.27. The first-order chi connectivity index (χ1) is 9.14. The topological polar surface area (TPSA) is 52.6 Å². The van der Waals surface area contributed by atoms with Gasteiger partial charge in [-0.3, -0.25) is 9.59 Å². The molecule has 1 atom stereocenters. The average molecular weight is 512 g/mol. The zero-order valence-electron chi connectivity index (χ0n) is 13.0. The third-order valence-corrected chi connectivity index (χ3v) is 2.84. The van der Waals surface area contributed by atoms with E-state index in [1.807, 2.05) is 50.3 Å². The highest BCUT2D eigenvalue weighted by Gasteiger charge is 2.18. The number of alkyl halides is 2. The highest BCUT2D eigenvalue weighted by Crippen LogP contribution is 2.11. The molecule has 0 radical (unpaired) electrons. The zero-order chi connectivity index (χ0) is 16.2. The van der Waals surface area contributed by atoms with E-state index in [0.29, 0.717) is 13.0 Å². The van der Waals surface area contributed by atoms with Gasteiger partial charge in [0.2, 0.25) is 0 Å². The fourth-order valence-electron chi connectivity index (χ4n) is 0.863. The fraction of sp³-hybridized carbons (Fsp3) is 0.857. The van der Waals surface area contributed by atoms with Crippen LogP contribution in [0.1, 0.15) is 53.9 Å². The second kappa shape index (κ2) is 13.1. The molecular formula is C14H26I2O4. The molecule has 0 aliphatic rings. The van der Waals surface area contributed by atoms with Crippen molar-refractivity contribution < 1.29 is 19.1 Å². The Kier molecular flexibility index (Phi) is 14.8. The molecule has 0 aromatic carbocycles. The smallest absolute Gasteiger partial charge is 0.319 e. The Morgan fingerprint density at radius 1 is 1.25 bits per heavy atom. The van der Waals surface area contributed by atoms with Gasteiger partial charge >= 0.3 is 11.9 Å². The first kappa shape index (κ1) is 22.7. The molecule has 0 heterocycles. The summed E-state index contributed by atoms with van der Waals surface area (Å²) in [5.41, 5.74) is -0.351. The Balaban J connectivity index is 0. The van der Waals surface area contributed by atoms with Crippen LogP contribution in [-0.2, 0) is 19.1 Å². The summed E-state index contributed by atoms with van der Waals surface area (Å²) in [6, 6.07) is 0. The molecule has 20 heavy (non-hydrogen) atoms. The number of hydrogen-bond acceptors (Lipinski definition) is 4. The van der Waals surface area contributed by atoms with Crippen molar-refractivity contribution in [3.8, 4) is 0 Å². The number of carbonyl (C=O) groups excluding carboxylic acids is 2. The van der Waals surface area contributed by atoms with Crippen molar-refractivity contribution in [2.45, 2.75) is 63.4 Å². The van der Waals surface area contributed by atoms with Gasteiger partial charge in [-0.25, -0.2) is 0 Å². The van der Waals surface area contributed by atoms with Gasteiger partial charge in [0.25, 0.3) is 0 Å². The molecule has 0 N–H and O–H groups in total. The number of rotatable bonds is 6. The van der Waals surface area contributed by atoms with Crippen LogP contribution < -0.4 is 0 Å². The fourth-order valence-corrected chi connectivity index (χ4v) is 1.43. The normalized spacial score (nSPS) is 11.9. The van der Waals surface area contributed by atoms with Crippen molar-refractivity contribution in [1.29, 1.82) is 0 Å². The largest absolute Gasteiger partial charge is 0.466 e. The third kappa shape index (κ3) is 18.4. The molecule has 0 fully saturated rings. The molecule has 0 bridgehead atoms. The monoisotopic (exact) mass is 512 g/mol. The summed E-state index contributed by atoms with van der Waals surface area (Å²) >= 11 is 4.20. The van der Waals surface area contributed by atoms with Gasteiger partial charge in [-0.1, -0.05) is 58.5 Å². The van der Waals surface area contributed by atoms with E-state index in [9.17, 15) is 9.59 Å². The molecule has 0 spiro atoms. The van der Waals surface area contributed by atoms with Crippen LogP contribution in [0.15, 0.2) is 0 Å². The van der Waals surface area contributed by atoms with Gasteiger partial charge in [-0.15, -0.1) is 0 Å². The molecule has 0 aromatic rings. The van der Waals surface area contributed by atoms with Crippen LogP contribution in [0.5, 0.6) is 0 Å². The zero-order valence-corrected chi connectivity index (χ0v) is 17.3.